The fraction of sp³-hybridized carbons (Fsp3) is 0.0492. The molecule has 0 radical (unpaired) electrons. The molecule has 0 amide bonds. The summed E-state index contributed by atoms with van der Waals surface area (Å²) in [6, 6.07) is 70.0. The maximum atomic E-state index is 5.62. The zero-order valence-corrected chi connectivity index (χ0v) is 36.0. The van der Waals surface area contributed by atoms with E-state index in [-0.39, 0.29) is 11.3 Å². The van der Waals surface area contributed by atoms with Crippen LogP contribution in [0.3, 0.4) is 0 Å². The Morgan fingerprint density at radius 2 is 0.955 bits per heavy atom. The second kappa shape index (κ2) is 14.0. The highest BCUT2D eigenvalue weighted by Gasteiger charge is 2.58. The lowest BCUT2D eigenvalue weighted by atomic mass is 9.91. The Labute approximate surface area is 381 Å². The van der Waals surface area contributed by atoms with Gasteiger partial charge in [0.05, 0.1) is 44.5 Å². The van der Waals surface area contributed by atoms with Gasteiger partial charge in [0.1, 0.15) is 0 Å². The molecule has 5 heteroatoms. The van der Waals surface area contributed by atoms with E-state index in [1.54, 1.807) is 0 Å². The van der Waals surface area contributed by atoms with Gasteiger partial charge in [0.25, 0.3) is 0 Å². The van der Waals surface area contributed by atoms with Crippen LogP contribution in [0.4, 0.5) is 0 Å². The Bertz CT molecular complexity index is 3920. The number of para-hydroxylation sites is 6. The van der Waals surface area contributed by atoms with Crippen molar-refractivity contribution in [2.75, 3.05) is 0 Å². The fourth-order valence-electron chi connectivity index (χ4n) is 11.2. The molecule has 4 aromatic heterocycles. The smallest absolute Gasteiger partial charge is 0.160 e. The summed E-state index contributed by atoms with van der Waals surface area (Å²) in [5, 5.41) is 7.45. The Balaban J connectivity index is 0.972. The van der Waals surface area contributed by atoms with Crippen molar-refractivity contribution in [2.24, 2.45) is 5.92 Å². The van der Waals surface area contributed by atoms with E-state index < -0.39 is 0 Å². The molecule has 2 unspecified atom stereocenters. The maximum Gasteiger partial charge on any atom is 0.160 e. The van der Waals surface area contributed by atoms with Gasteiger partial charge in [-0.05, 0) is 90.9 Å². The molecule has 4 heterocycles. The van der Waals surface area contributed by atoms with E-state index in [1.807, 2.05) is 6.08 Å². The number of nitrogens with zero attached hydrogens (tertiary/aromatic N) is 5. The highest BCUT2D eigenvalue weighted by Crippen LogP contribution is 2.62. The van der Waals surface area contributed by atoms with Crippen LogP contribution in [0.15, 0.2) is 219 Å². The van der Waals surface area contributed by atoms with E-state index in [1.165, 1.54) is 60.1 Å². The summed E-state index contributed by atoms with van der Waals surface area (Å²) in [6.45, 7) is 4.28. The van der Waals surface area contributed by atoms with Crippen molar-refractivity contribution in [1.82, 2.24) is 23.7 Å². The van der Waals surface area contributed by atoms with Crippen molar-refractivity contribution in [3.05, 3.63) is 230 Å². The number of rotatable bonds is 7. The summed E-state index contributed by atoms with van der Waals surface area (Å²) < 4.78 is 7.23. The van der Waals surface area contributed by atoms with Crippen LogP contribution in [0.5, 0.6) is 0 Å². The fourth-order valence-corrected chi connectivity index (χ4v) is 11.2. The molecule has 1 saturated carbocycles. The van der Waals surface area contributed by atoms with E-state index in [0.717, 1.165) is 56.9 Å². The lowest BCUT2D eigenvalue weighted by molar-refractivity contribution is 0.769. The number of benzene rings is 8. The first-order valence-corrected chi connectivity index (χ1v) is 22.8. The number of fused-ring (bicyclic) bond motifs is 10. The lowest BCUT2D eigenvalue weighted by Gasteiger charge is -2.21. The highest BCUT2D eigenvalue weighted by molar-refractivity contribution is 6.12. The summed E-state index contributed by atoms with van der Waals surface area (Å²) >= 11 is 0. The molecular formula is C61H41N5. The normalized spacial score (nSPS) is 16.7. The number of aromatic nitrogens is 5. The van der Waals surface area contributed by atoms with Gasteiger partial charge >= 0.3 is 0 Å². The quantitative estimate of drug-likeness (QED) is 0.160. The lowest BCUT2D eigenvalue weighted by Crippen LogP contribution is -2.16. The second-order valence-electron chi connectivity index (χ2n) is 17.9. The van der Waals surface area contributed by atoms with Gasteiger partial charge in [-0.2, -0.15) is 0 Å². The molecule has 0 saturated heterocycles. The van der Waals surface area contributed by atoms with Crippen molar-refractivity contribution < 1.29 is 0 Å². The molecule has 0 spiro atoms. The van der Waals surface area contributed by atoms with Crippen molar-refractivity contribution in [1.29, 1.82) is 0 Å². The van der Waals surface area contributed by atoms with Gasteiger partial charge in [-0.3, -0.25) is 0 Å². The first-order chi connectivity index (χ1) is 32.6. The van der Waals surface area contributed by atoms with Crippen LogP contribution in [-0.4, -0.2) is 23.7 Å². The zero-order chi connectivity index (χ0) is 43.5. The average molecular weight is 844 g/mol. The molecule has 0 N–H and O–H groups in total. The summed E-state index contributed by atoms with van der Waals surface area (Å²) in [7, 11) is 0. The van der Waals surface area contributed by atoms with Gasteiger partial charge in [0.2, 0.25) is 0 Å². The Morgan fingerprint density at radius 3 is 1.48 bits per heavy atom. The van der Waals surface area contributed by atoms with Gasteiger partial charge in [-0.25, -0.2) is 9.97 Å². The highest BCUT2D eigenvalue weighted by atomic mass is 15.0. The molecule has 310 valence electrons. The van der Waals surface area contributed by atoms with E-state index in [2.05, 4.69) is 233 Å². The van der Waals surface area contributed by atoms with Crippen molar-refractivity contribution >= 4 is 77.2 Å². The largest absolute Gasteiger partial charge is 0.313 e. The minimum atomic E-state index is -0.306. The SMILES string of the molecule is C=Cc1cc(-c2cc(C34C=CC=C(n5c6ccccc6c6ccccc65)C3C4)nc(-c3cccc(-n4c5ccccc5c5ccccc54)c3)n2)cc(-n2c3ccccc3c3ccccc32)c1. The molecule has 2 aliphatic rings. The third-order valence-electron chi connectivity index (χ3n) is 14.3. The Kier molecular flexibility index (Phi) is 7.81. The first-order valence-electron chi connectivity index (χ1n) is 22.8. The molecule has 1 fully saturated rings. The maximum absolute atomic E-state index is 5.62. The monoisotopic (exact) mass is 843 g/mol. The number of hydrogen-bond acceptors (Lipinski definition) is 2. The second-order valence-corrected chi connectivity index (χ2v) is 17.9. The molecule has 2 aliphatic carbocycles. The van der Waals surface area contributed by atoms with Gasteiger partial charge in [-0.15, -0.1) is 0 Å². The van der Waals surface area contributed by atoms with E-state index in [0.29, 0.717) is 5.82 Å². The van der Waals surface area contributed by atoms with Crippen LogP contribution in [0.25, 0.3) is 111 Å². The summed E-state index contributed by atoms with van der Waals surface area (Å²) in [5.41, 5.74) is 15.1. The minimum Gasteiger partial charge on any atom is -0.313 e. The predicted octanol–water partition coefficient (Wildman–Crippen LogP) is 15.1. The number of hydrogen-bond donors (Lipinski definition) is 0. The van der Waals surface area contributed by atoms with E-state index in [9.17, 15) is 0 Å². The van der Waals surface area contributed by atoms with E-state index >= 15 is 0 Å². The van der Waals surface area contributed by atoms with Crippen LogP contribution in [0, 0.1) is 5.92 Å². The third kappa shape index (κ3) is 5.34. The van der Waals surface area contributed by atoms with Crippen LogP contribution >= 0.6 is 0 Å². The summed E-state index contributed by atoms with van der Waals surface area (Å²) in [5.74, 6) is 0.933. The standard InChI is InChI=1S/C61H41N5/c1-2-39-33-41(36-43(34-39)65-54-27-11-5-21-46(54)47-22-6-12-28-55(47)65)51-37-59(61-32-16-31-58(50(61)38-61)66-56-29-13-7-23-48(56)49-24-8-14-30-57(49)66)63-60(62-51)40-17-15-18-42(35-40)64-52-25-9-3-19-44(52)45-20-4-10-26-53(45)64/h2-37,50H,1,38H2. The molecule has 0 bridgehead atoms. The average Bonchev–Trinajstić information content (AvgIpc) is 3.77. The molecule has 8 aromatic carbocycles. The Morgan fingerprint density at radius 1 is 0.470 bits per heavy atom. The third-order valence-corrected chi connectivity index (χ3v) is 14.3. The van der Waals surface area contributed by atoms with Gasteiger partial charge in [0.15, 0.2) is 5.82 Å². The van der Waals surface area contributed by atoms with Crippen molar-refractivity contribution in [3.63, 3.8) is 0 Å². The zero-order valence-electron chi connectivity index (χ0n) is 36.0. The molecule has 0 aliphatic heterocycles. The van der Waals surface area contributed by atoms with Crippen LogP contribution < -0.4 is 0 Å². The van der Waals surface area contributed by atoms with Gasteiger partial charge < -0.3 is 13.7 Å². The molecule has 2 atom stereocenters. The van der Waals surface area contributed by atoms with Crippen LogP contribution in [0.1, 0.15) is 17.7 Å². The van der Waals surface area contributed by atoms with Crippen LogP contribution in [-0.2, 0) is 5.41 Å². The molecule has 66 heavy (non-hydrogen) atoms. The Hall–Kier alpha value is -8.54. The van der Waals surface area contributed by atoms with Crippen molar-refractivity contribution in [3.8, 4) is 34.0 Å². The van der Waals surface area contributed by atoms with Crippen LogP contribution in [0.2, 0.25) is 0 Å². The van der Waals surface area contributed by atoms with Crippen molar-refractivity contribution in [2.45, 2.75) is 11.8 Å². The summed E-state index contributed by atoms with van der Waals surface area (Å²) in [4.78, 5) is 11.1. The number of allylic oxidation sites excluding steroid dienone is 4. The van der Waals surface area contributed by atoms with Gasteiger partial charge in [0, 0.05) is 71.8 Å². The van der Waals surface area contributed by atoms with E-state index in [4.69, 9.17) is 9.97 Å². The first kappa shape index (κ1) is 36.9. The molecule has 12 aromatic rings. The van der Waals surface area contributed by atoms with Gasteiger partial charge in [-0.1, -0.05) is 146 Å². The predicted molar refractivity (Wildman–Crippen MR) is 274 cm³/mol. The topological polar surface area (TPSA) is 40.6 Å². The molecule has 5 nitrogen and oxygen atoms in total. The molecule has 14 rings (SSSR count). The summed E-state index contributed by atoms with van der Waals surface area (Å²) in [6.07, 6.45) is 9.86. The minimum absolute atomic E-state index is 0.230. The molecular weight excluding hydrogens is 803 g/mol.